The number of aryl methyl sites for hydroxylation is 1. The van der Waals surface area contributed by atoms with Crippen LogP contribution in [0.3, 0.4) is 0 Å². The van der Waals surface area contributed by atoms with Crippen molar-refractivity contribution in [2.45, 2.75) is 39.5 Å². The summed E-state index contributed by atoms with van der Waals surface area (Å²) in [4.78, 5) is 20.0. The highest BCUT2D eigenvalue weighted by atomic mass is 16.5. The Hall–Kier alpha value is -1.65. The normalized spacial score (nSPS) is 14.2. The Morgan fingerprint density at radius 3 is 2.95 bits per heavy atom. The van der Waals surface area contributed by atoms with Gasteiger partial charge in [0.15, 0.2) is 0 Å². The molecule has 0 unspecified atom stereocenters. The maximum Gasteiger partial charge on any atom is 0.341 e. The maximum atomic E-state index is 11.6. The van der Waals surface area contributed by atoms with Crippen LogP contribution in [-0.2, 0) is 4.74 Å². The van der Waals surface area contributed by atoms with Crippen LogP contribution < -0.4 is 5.32 Å². The van der Waals surface area contributed by atoms with Gasteiger partial charge in [-0.25, -0.2) is 14.8 Å². The van der Waals surface area contributed by atoms with Crippen LogP contribution in [0, 0.1) is 12.8 Å². The molecule has 2 rings (SSSR count). The summed E-state index contributed by atoms with van der Waals surface area (Å²) >= 11 is 0. The average Bonchev–Trinajstić information content (AvgIpc) is 3.19. The number of carbonyl (C=O) groups is 1. The van der Waals surface area contributed by atoms with E-state index in [-0.39, 0.29) is 5.97 Å². The summed E-state index contributed by atoms with van der Waals surface area (Å²) in [7, 11) is 0. The first-order chi connectivity index (χ1) is 9.20. The van der Waals surface area contributed by atoms with Gasteiger partial charge in [0.25, 0.3) is 0 Å². The number of hydrogen-bond acceptors (Lipinski definition) is 5. The van der Waals surface area contributed by atoms with Crippen LogP contribution >= 0.6 is 0 Å². The largest absolute Gasteiger partial charge is 0.462 e. The van der Waals surface area contributed by atoms with Crippen molar-refractivity contribution in [3.63, 3.8) is 0 Å². The van der Waals surface area contributed by atoms with Crippen LogP contribution in [0.4, 0.5) is 5.95 Å². The maximum absolute atomic E-state index is 11.6. The first kappa shape index (κ1) is 13.8. The molecule has 1 aliphatic carbocycles. The number of esters is 1. The molecule has 0 amide bonds. The Balaban J connectivity index is 1.84. The van der Waals surface area contributed by atoms with E-state index in [0.717, 1.165) is 18.9 Å². The molecule has 1 saturated carbocycles. The van der Waals surface area contributed by atoms with Crippen LogP contribution in [0.25, 0.3) is 0 Å². The van der Waals surface area contributed by atoms with E-state index in [1.807, 2.05) is 0 Å². The molecule has 5 nitrogen and oxygen atoms in total. The predicted octanol–water partition coefficient (Wildman–Crippen LogP) is 2.56. The van der Waals surface area contributed by atoms with Gasteiger partial charge in [-0.05, 0) is 32.6 Å². The lowest BCUT2D eigenvalue weighted by molar-refractivity contribution is 0.0524. The van der Waals surface area contributed by atoms with E-state index in [4.69, 9.17) is 4.74 Å². The quantitative estimate of drug-likeness (QED) is 0.605. The fourth-order valence-corrected chi connectivity index (χ4v) is 1.96. The van der Waals surface area contributed by atoms with Crippen molar-refractivity contribution in [3.8, 4) is 0 Å². The Morgan fingerprint density at radius 2 is 2.32 bits per heavy atom. The molecule has 0 spiro atoms. The van der Waals surface area contributed by atoms with Crippen molar-refractivity contribution in [1.82, 2.24) is 9.97 Å². The molecule has 0 radical (unpaired) electrons. The summed E-state index contributed by atoms with van der Waals surface area (Å²) in [6.07, 6.45) is 6.75. The standard InChI is InChI=1S/C14H21N3O2/c1-3-19-13(18)12-9-16-14(17-10(12)2)15-8-4-5-11-6-7-11/h9,11H,3-8H2,1-2H3,(H,15,16,17). The second kappa shape index (κ2) is 6.50. The number of ether oxygens (including phenoxy) is 1. The molecular weight excluding hydrogens is 242 g/mol. The molecule has 0 aliphatic heterocycles. The van der Waals surface area contributed by atoms with Gasteiger partial charge in [0.05, 0.1) is 17.9 Å². The fraction of sp³-hybridized carbons (Fsp3) is 0.643. The van der Waals surface area contributed by atoms with Crippen molar-refractivity contribution in [3.05, 3.63) is 17.5 Å². The van der Waals surface area contributed by atoms with E-state index in [9.17, 15) is 4.79 Å². The van der Waals surface area contributed by atoms with E-state index in [1.165, 1.54) is 25.5 Å². The van der Waals surface area contributed by atoms with Gasteiger partial charge >= 0.3 is 5.97 Å². The first-order valence-corrected chi connectivity index (χ1v) is 6.95. The summed E-state index contributed by atoms with van der Waals surface area (Å²) in [5, 5.41) is 3.19. The first-order valence-electron chi connectivity index (χ1n) is 6.95. The van der Waals surface area contributed by atoms with Crippen molar-refractivity contribution in [1.29, 1.82) is 0 Å². The third-order valence-corrected chi connectivity index (χ3v) is 3.24. The second-order valence-electron chi connectivity index (χ2n) is 4.93. The lowest BCUT2D eigenvalue weighted by atomic mass is 10.2. The van der Waals surface area contributed by atoms with Gasteiger partial charge in [-0.15, -0.1) is 0 Å². The number of hydrogen-bond donors (Lipinski definition) is 1. The van der Waals surface area contributed by atoms with Gasteiger partial charge in [-0.1, -0.05) is 12.8 Å². The average molecular weight is 263 g/mol. The molecule has 0 aromatic carbocycles. The molecule has 19 heavy (non-hydrogen) atoms. The van der Waals surface area contributed by atoms with Crippen LogP contribution in [0.2, 0.25) is 0 Å². The zero-order valence-electron chi connectivity index (χ0n) is 11.6. The highest BCUT2D eigenvalue weighted by Gasteiger charge is 2.20. The number of nitrogens with zero attached hydrogens (tertiary/aromatic N) is 2. The van der Waals surface area contributed by atoms with E-state index in [0.29, 0.717) is 23.8 Å². The zero-order valence-corrected chi connectivity index (χ0v) is 11.6. The smallest absolute Gasteiger partial charge is 0.341 e. The Kier molecular flexibility index (Phi) is 4.71. The zero-order chi connectivity index (χ0) is 13.7. The minimum atomic E-state index is -0.361. The van der Waals surface area contributed by atoms with E-state index >= 15 is 0 Å². The van der Waals surface area contributed by atoms with Crippen LogP contribution in [0.1, 0.15) is 48.7 Å². The van der Waals surface area contributed by atoms with Crippen LogP contribution in [-0.4, -0.2) is 29.1 Å². The minimum absolute atomic E-state index is 0.361. The second-order valence-corrected chi connectivity index (χ2v) is 4.93. The Bertz CT molecular complexity index is 444. The molecular formula is C14H21N3O2. The lowest BCUT2D eigenvalue weighted by Gasteiger charge is -2.08. The summed E-state index contributed by atoms with van der Waals surface area (Å²) in [6, 6.07) is 0. The summed E-state index contributed by atoms with van der Waals surface area (Å²) in [5.41, 5.74) is 1.09. The molecule has 0 saturated heterocycles. The molecule has 104 valence electrons. The Labute approximate surface area is 113 Å². The molecule has 1 aromatic rings. The van der Waals surface area contributed by atoms with E-state index < -0.39 is 0 Å². The number of nitrogens with one attached hydrogen (secondary N) is 1. The van der Waals surface area contributed by atoms with Gasteiger partial charge < -0.3 is 10.1 Å². The number of carbonyl (C=O) groups excluding carboxylic acids is 1. The molecule has 0 atom stereocenters. The SMILES string of the molecule is CCOC(=O)c1cnc(NCCCC2CC2)nc1C. The molecule has 0 bridgehead atoms. The molecule has 1 N–H and O–H groups in total. The lowest BCUT2D eigenvalue weighted by Crippen LogP contribution is -2.12. The van der Waals surface area contributed by atoms with Crippen molar-refractivity contribution in [2.75, 3.05) is 18.5 Å². The molecule has 1 aliphatic rings. The molecule has 1 fully saturated rings. The van der Waals surface area contributed by atoms with E-state index in [2.05, 4.69) is 15.3 Å². The summed E-state index contributed by atoms with van der Waals surface area (Å²) in [6.45, 7) is 4.82. The molecule has 1 aromatic heterocycles. The monoisotopic (exact) mass is 263 g/mol. The third-order valence-electron chi connectivity index (χ3n) is 3.24. The van der Waals surface area contributed by atoms with Crippen molar-refractivity contribution in [2.24, 2.45) is 5.92 Å². The number of rotatable bonds is 7. The topological polar surface area (TPSA) is 64.1 Å². The fourth-order valence-electron chi connectivity index (χ4n) is 1.96. The van der Waals surface area contributed by atoms with Gasteiger partial charge in [0.2, 0.25) is 5.95 Å². The van der Waals surface area contributed by atoms with Gasteiger partial charge in [0.1, 0.15) is 0 Å². The minimum Gasteiger partial charge on any atom is -0.462 e. The highest BCUT2D eigenvalue weighted by molar-refractivity contribution is 5.90. The molecule has 1 heterocycles. The number of anilines is 1. The van der Waals surface area contributed by atoms with Gasteiger partial charge in [-0.3, -0.25) is 0 Å². The van der Waals surface area contributed by atoms with E-state index in [1.54, 1.807) is 13.8 Å². The number of aromatic nitrogens is 2. The van der Waals surface area contributed by atoms with Crippen molar-refractivity contribution >= 4 is 11.9 Å². The van der Waals surface area contributed by atoms with Crippen LogP contribution in [0.15, 0.2) is 6.20 Å². The Morgan fingerprint density at radius 1 is 1.53 bits per heavy atom. The van der Waals surface area contributed by atoms with Crippen LogP contribution in [0.5, 0.6) is 0 Å². The predicted molar refractivity (Wildman–Crippen MR) is 73.2 cm³/mol. The molecule has 5 heteroatoms. The highest BCUT2D eigenvalue weighted by Crippen LogP contribution is 2.33. The third kappa shape index (κ3) is 4.19. The summed E-state index contributed by atoms with van der Waals surface area (Å²) in [5.74, 6) is 1.18. The van der Waals surface area contributed by atoms with Gasteiger partial charge in [0, 0.05) is 12.7 Å². The van der Waals surface area contributed by atoms with Gasteiger partial charge in [-0.2, -0.15) is 0 Å². The van der Waals surface area contributed by atoms with Crippen molar-refractivity contribution < 1.29 is 9.53 Å². The summed E-state index contributed by atoms with van der Waals surface area (Å²) < 4.78 is 4.94.